The van der Waals surface area contributed by atoms with Crippen LogP contribution in [0.3, 0.4) is 0 Å². The fraction of sp³-hybridized carbons (Fsp3) is 0.571. The molecule has 0 heterocycles. The van der Waals surface area contributed by atoms with Gasteiger partial charge in [0.25, 0.3) is 0 Å². The highest BCUT2D eigenvalue weighted by Gasteiger charge is 2.08. The second kappa shape index (κ2) is 7.29. The van der Waals surface area contributed by atoms with Crippen LogP contribution in [-0.4, -0.2) is 18.7 Å². The maximum Gasteiger partial charge on any atom is 0.119 e. The van der Waals surface area contributed by atoms with Gasteiger partial charge in [-0.05, 0) is 45.4 Å². The summed E-state index contributed by atoms with van der Waals surface area (Å²) in [6.07, 6.45) is 2.47. The number of nitrogens with one attached hydrogen (secondary N) is 1. The molecule has 2 unspecified atom stereocenters. The van der Waals surface area contributed by atoms with Gasteiger partial charge in [-0.1, -0.05) is 25.1 Å². The lowest BCUT2D eigenvalue weighted by Crippen LogP contribution is -2.31. The van der Waals surface area contributed by atoms with Crippen molar-refractivity contribution >= 4 is 0 Å². The molecule has 0 radical (unpaired) electrons. The summed E-state index contributed by atoms with van der Waals surface area (Å²) in [5.74, 6) is 0.956. The lowest BCUT2D eigenvalue weighted by Gasteiger charge is -2.19. The van der Waals surface area contributed by atoms with Crippen molar-refractivity contribution in [3.63, 3.8) is 0 Å². The lowest BCUT2D eigenvalue weighted by atomic mass is 10.1. The first kappa shape index (κ1) is 13.0. The van der Waals surface area contributed by atoms with Crippen LogP contribution in [-0.2, 0) is 0 Å². The standard InChI is InChI=1S/C14H23NO/c1-4-10-15-12(2)11-13(3)16-14-8-6-5-7-9-14/h5-9,12-13,15H,4,10-11H2,1-3H3. The van der Waals surface area contributed by atoms with Gasteiger partial charge in [0.1, 0.15) is 5.75 Å². The summed E-state index contributed by atoms with van der Waals surface area (Å²) in [6, 6.07) is 10.5. The number of hydrogen-bond acceptors (Lipinski definition) is 2. The minimum absolute atomic E-state index is 0.252. The second-order valence-electron chi connectivity index (χ2n) is 4.33. The van der Waals surface area contributed by atoms with E-state index < -0.39 is 0 Å². The van der Waals surface area contributed by atoms with Crippen LogP contribution in [0.1, 0.15) is 33.6 Å². The first-order chi connectivity index (χ1) is 7.72. The second-order valence-corrected chi connectivity index (χ2v) is 4.33. The van der Waals surface area contributed by atoms with Crippen LogP contribution in [0.4, 0.5) is 0 Å². The molecule has 2 nitrogen and oxygen atoms in total. The van der Waals surface area contributed by atoms with E-state index in [-0.39, 0.29) is 6.10 Å². The molecule has 0 spiro atoms. The molecule has 0 fully saturated rings. The summed E-state index contributed by atoms with van der Waals surface area (Å²) in [5.41, 5.74) is 0. The Balaban J connectivity index is 2.27. The maximum absolute atomic E-state index is 5.82. The van der Waals surface area contributed by atoms with E-state index in [4.69, 9.17) is 4.74 Å². The van der Waals surface area contributed by atoms with Crippen molar-refractivity contribution < 1.29 is 4.74 Å². The third-order valence-corrected chi connectivity index (χ3v) is 2.51. The van der Waals surface area contributed by atoms with Gasteiger partial charge in [0.15, 0.2) is 0 Å². The van der Waals surface area contributed by atoms with Gasteiger partial charge >= 0.3 is 0 Å². The largest absolute Gasteiger partial charge is 0.491 e. The molecule has 16 heavy (non-hydrogen) atoms. The molecule has 1 N–H and O–H groups in total. The number of para-hydroxylation sites is 1. The third kappa shape index (κ3) is 5.17. The van der Waals surface area contributed by atoms with E-state index in [9.17, 15) is 0 Å². The highest BCUT2D eigenvalue weighted by molar-refractivity contribution is 5.21. The van der Waals surface area contributed by atoms with E-state index in [0.717, 1.165) is 18.7 Å². The summed E-state index contributed by atoms with van der Waals surface area (Å²) < 4.78 is 5.82. The zero-order chi connectivity index (χ0) is 11.8. The Kier molecular flexibility index (Phi) is 5.94. The molecule has 0 saturated carbocycles. The van der Waals surface area contributed by atoms with Gasteiger partial charge in [0.2, 0.25) is 0 Å². The van der Waals surface area contributed by atoms with E-state index in [2.05, 4.69) is 26.1 Å². The third-order valence-electron chi connectivity index (χ3n) is 2.51. The van der Waals surface area contributed by atoms with Gasteiger partial charge in [0, 0.05) is 6.04 Å². The molecule has 1 aromatic rings. The Hall–Kier alpha value is -1.02. The molecule has 2 heteroatoms. The van der Waals surface area contributed by atoms with Crippen LogP contribution in [0.15, 0.2) is 30.3 Å². The number of hydrogen-bond donors (Lipinski definition) is 1. The van der Waals surface area contributed by atoms with Gasteiger partial charge in [-0.3, -0.25) is 0 Å². The highest BCUT2D eigenvalue weighted by atomic mass is 16.5. The normalized spacial score (nSPS) is 14.4. The molecule has 2 atom stereocenters. The van der Waals surface area contributed by atoms with Crippen LogP contribution >= 0.6 is 0 Å². The van der Waals surface area contributed by atoms with Gasteiger partial charge in [-0.15, -0.1) is 0 Å². The summed E-state index contributed by atoms with van der Waals surface area (Å²) >= 11 is 0. The Morgan fingerprint density at radius 2 is 1.88 bits per heavy atom. The van der Waals surface area contributed by atoms with Crippen molar-refractivity contribution in [1.82, 2.24) is 5.32 Å². The van der Waals surface area contributed by atoms with Crippen molar-refractivity contribution in [3.8, 4) is 5.75 Å². The molecular weight excluding hydrogens is 198 g/mol. The van der Waals surface area contributed by atoms with Crippen molar-refractivity contribution in [2.75, 3.05) is 6.54 Å². The molecular formula is C14H23NO. The summed E-state index contributed by atoms with van der Waals surface area (Å²) in [4.78, 5) is 0. The average molecular weight is 221 g/mol. The predicted octanol–water partition coefficient (Wildman–Crippen LogP) is 3.23. The molecule has 0 bridgehead atoms. The zero-order valence-corrected chi connectivity index (χ0v) is 10.6. The molecule has 0 aliphatic rings. The van der Waals surface area contributed by atoms with Crippen LogP contribution in [0, 0.1) is 0 Å². The molecule has 0 aliphatic heterocycles. The molecule has 90 valence electrons. The lowest BCUT2D eigenvalue weighted by molar-refractivity contribution is 0.196. The van der Waals surface area contributed by atoms with E-state index in [0.29, 0.717) is 6.04 Å². The zero-order valence-electron chi connectivity index (χ0n) is 10.6. The van der Waals surface area contributed by atoms with Crippen molar-refractivity contribution in [1.29, 1.82) is 0 Å². The molecule has 0 aliphatic carbocycles. The molecule has 1 rings (SSSR count). The highest BCUT2D eigenvalue weighted by Crippen LogP contribution is 2.13. The summed E-state index contributed by atoms with van der Waals surface area (Å²) in [7, 11) is 0. The minimum atomic E-state index is 0.252. The van der Waals surface area contributed by atoms with Gasteiger partial charge in [0.05, 0.1) is 6.10 Å². The van der Waals surface area contributed by atoms with Gasteiger partial charge in [-0.25, -0.2) is 0 Å². The van der Waals surface area contributed by atoms with E-state index in [1.165, 1.54) is 6.42 Å². The summed E-state index contributed by atoms with van der Waals surface area (Å²) in [6.45, 7) is 7.60. The van der Waals surface area contributed by atoms with Crippen LogP contribution in [0.2, 0.25) is 0 Å². The fourth-order valence-electron chi connectivity index (χ4n) is 1.75. The number of benzene rings is 1. The van der Waals surface area contributed by atoms with E-state index in [1.54, 1.807) is 0 Å². The Labute approximate surface area is 99.0 Å². The molecule has 0 amide bonds. The Bertz CT molecular complexity index is 273. The maximum atomic E-state index is 5.82. The molecule has 0 aromatic heterocycles. The van der Waals surface area contributed by atoms with Crippen LogP contribution < -0.4 is 10.1 Å². The topological polar surface area (TPSA) is 21.3 Å². The van der Waals surface area contributed by atoms with Crippen LogP contribution in [0.5, 0.6) is 5.75 Å². The van der Waals surface area contributed by atoms with Crippen molar-refractivity contribution in [3.05, 3.63) is 30.3 Å². The first-order valence-electron chi connectivity index (χ1n) is 6.17. The Morgan fingerprint density at radius 1 is 1.19 bits per heavy atom. The smallest absolute Gasteiger partial charge is 0.119 e. The first-order valence-corrected chi connectivity index (χ1v) is 6.17. The number of rotatable bonds is 7. The average Bonchev–Trinajstić information content (AvgIpc) is 2.27. The molecule has 1 aromatic carbocycles. The van der Waals surface area contributed by atoms with Crippen molar-refractivity contribution in [2.24, 2.45) is 0 Å². The molecule has 0 saturated heterocycles. The predicted molar refractivity (Wildman–Crippen MR) is 68.9 cm³/mol. The van der Waals surface area contributed by atoms with E-state index >= 15 is 0 Å². The SMILES string of the molecule is CCCNC(C)CC(C)Oc1ccccc1. The van der Waals surface area contributed by atoms with Gasteiger partial charge < -0.3 is 10.1 Å². The van der Waals surface area contributed by atoms with Crippen LogP contribution in [0.25, 0.3) is 0 Å². The van der Waals surface area contributed by atoms with E-state index in [1.807, 2.05) is 30.3 Å². The monoisotopic (exact) mass is 221 g/mol. The number of ether oxygens (including phenoxy) is 1. The Morgan fingerprint density at radius 3 is 2.50 bits per heavy atom. The fourth-order valence-corrected chi connectivity index (χ4v) is 1.75. The van der Waals surface area contributed by atoms with Crippen molar-refractivity contribution in [2.45, 2.75) is 45.8 Å². The quantitative estimate of drug-likeness (QED) is 0.763. The minimum Gasteiger partial charge on any atom is -0.491 e. The van der Waals surface area contributed by atoms with Gasteiger partial charge in [-0.2, -0.15) is 0 Å². The summed E-state index contributed by atoms with van der Waals surface area (Å²) in [5, 5.41) is 3.47.